The Morgan fingerprint density at radius 3 is 2.45 bits per heavy atom. The minimum atomic E-state index is -0.478. The second-order valence-electron chi connectivity index (χ2n) is 6.24. The smallest absolute Gasteiger partial charge is 0.242 e. The normalized spacial score (nSPS) is 24.2. The standard InChI is InChI=1S/C15H28N2O3/c1-10(2)8-13(17-11(3)18)15(20)16-9-12-6-4-5-7-14(12)19/h10,12-14,19H,4-9H2,1-3H3,(H,16,20)(H,17,18)/t12-,13-,14+/m0/s1. The fraction of sp³-hybridized carbons (Fsp3) is 0.867. The van der Waals surface area contributed by atoms with E-state index in [1.165, 1.54) is 6.92 Å². The summed E-state index contributed by atoms with van der Waals surface area (Å²) in [6.45, 7) is 5.96. The van der Waals surface area contributed by atoms with Gasteiger partial charge in [-0.15, -0.1) is 0 Å². The number of carbonyl (C=O) groups excluding carboxylic acids is 2. The van der Waals surface area contributed by atoms with Crippen LogP contribution in [0.15, 0.2) is 0 Å². The lowest BCUT2D eigenvalue weighted by Gasteiger charge is -2.28. The van der Waals surface area contributed by atoms with Gasteiger partial charge in [0.15, 0.2) is 0 Å². The van der Waals surface area contributed by atoms with Crippen LogP contribution in [-0.2, 0) is 9.59 Å². The van der Waals surface area contributed by atoms with Crippen molar-refractivity contribution in [2.45, 2.75) is 65.0 Å². The van der Waals surface area contributed by atoms with Crippen molar-refractivity contribution >= 4 is 11.8 Å². The Hall–Kier alpha value is -1.10. The number of aliphatic hydroxyl groups is 1. The number of rotatable bonds is 6. The number of amides is 2. The van der Waals surface area contributed by atoms with Crippen molar-refractivity contribution in [2.24, 2.45) is 11.8 Å². The molecule has 3 atom stereocenters. The van der Waals surface area contributed by atoms with Crippen LogP contribution in [0.25, 0.3) is 0 Å². The topological polar surface area (TPSA) is 78.4 Å². The zero-order valence-corrected chi connectivity index (χ0v) is 12.8. The first-order valence-corrected chi connectivity index (χ1v) is 7.63. The second kappa shape index (κ2) is 8.25. The van der Waals surface area contributed by atoms with E-state index >= 15 is 0 Å². The van der Waals surface area contributed by atoms with Gasteiger partial charge in [0.05, 0.1) is 6.10 Å². The van der Waals surface area contributed by atoms with Gasteiger partial charge in [-0.3, -0.25) is 9.59 Å². The van der Waals surface area contributed by atoms with Crippen LogP contribution in [0.3, 0.4) is 0 Å². The maximum absolute atomic E-state index is 12.2. The van der Waals surface area contributed by atoms with Gasteiger partial charge in [0, 0.05) is 19.4 Å². The van der Waals surface area contributed by atoms with E-state index in [-0.39, 0.29) is 23.8 Å². The molecule has 1 aliphatic carbocycles. The minimum Gasteiger partial charge on any atom is -0.393 e. The molecule has 0 bridgehead atoms. The first kappa shape index (κ1) is 17.0. The van der Waals surface area contributed by atoms with Crippen LogP contribution in [-0.4, -0.2) is 35.6 Å². The molecule has 3 N–H and O–H groups in total. The fourth-order valence-corrected chi connectivity index (χ4v) is 2.73. The molecule has 0 saturated heterocycles. The number of carbonyl (C=O) groups is 2. The summed E-state index contributed by atoms with van der Waals surface area (Å²) in [6, 6.07) is -0.478. The van der Waals surface area contributed by atoms with Gasteiger partial charge in [0.1, 0.15) is 6.04 Å². The van der Waals surface area contributed by atoms with Gasteiger partial charge >= 0.3 is 0 Å². The highest BCUT2D eigenvalue weighted by atomic mass is 16.3. The van der Waals surface area contributed by atoms with E-state index in [1.807, 2.05) is 13.8 Å². The van der Waals surface area contributed by atoms with Gasteiger partial charge in [0.2, 0.25) is 11.8 Å². The number of hydrogen-bond acceptors (Lipinski definition) is 3. The van der Waals surface area contributed by atoms with Gasteiger partial charge < -0.3 is 15.7 Å². The van der Waals surface area contributed by atoms with Crippen LogP contribution in [0, 0.1) is 11.8 Å². The van der Waals surface area contributed by atoms with Crippen molar-refractivity contribution in [3.63, 3.8) is 0 Å². The molecule has 5 heteroatoms. The molecule has 2 amide bonds. The summed E-state index contributed by atoms with van der Waals surface area (Å²) < 4.78 is 0. The molecular formula is C15H28N2O3. The van der Waals surface area contributed by atoms with Gasteiger partial charge in [-0.1, -0.05) is 26.7 Å². The van der Waals surface area contributed by atoms with Crippen LogP contribution < -0.4 is 10.6 Å². The van der Waals surface area contributed by atoms with E-state index in [1.54, 1.807) is 0 Å². The predicted molar refractivity (Wildman–Crippen MR) is 78.0 cm³/mol. The summed E-state index contributed by atoms with van der Waals surface area (Å²) in [6.07, 6.45) is 4.26. The highest BCUT2D eigenvalue weighted by Gasteiger charge is 2.25. The Labute approximate surface area is 121 Å². The zero-order chi connectivity index (χ0) is 15.1. The van der Waals surface area contributed by atoms with E-state index in [0.717, 1.165) is 25.7 Å². The minimum absolute atomic E-state index is 0.143. The highest BCUT2D eigenvalue weighted by molar-refractivity contribution is 5.86. The molecule has 20 heavy (non-hydrogen) atoms. The van der Waals surface area contributed by atoms with Crippen molar-refractivity contribution in [1.29, 1.82) is 0 Å². The van der Waals surface area contributed by atoms with E-state index in [0.29, 0.717) is 18.9 Å². The van der Waals surface area contributed by atoms with Crippen LogP contribution in [0.1, 0.15) is 52.9 Å². The molecular weight excluding hydrogens is 256 g/mol. The molecule has 0 aromatic heterocycles. The van der Waals surface area contributed by atoms with Crippen LogP contribution in [0.2, 0.25) is 0 Å². The van der Waals surface area contributed by atoms with Crippen LogP contribution in [0.4, 0.5) is 0 Å². The lowest BCUT2D eigenvalue weighted by atomic mass is 9.86. The monoisotopic (exact) mass is 284 g/mol. The summed E-state index contributed by atoms with van der Waals surface area (Å²) in [4.78, 5) is 23.3. The molecule has 1 rings (SSSR count). The van der Waals surface area contributed by atoms with Gasteiger partial charge in [-0.2, -0.15) is 0 Å². The maximum Gasteiger partial charge on any atom is 0.242 e. The largest absolute Gasteiger partial charge is 0.393 e. The summed E-state index contributed by atoms with van der Waals surface area (Å²) >= 11 is 0. The van der Waals surface area contributed by atoms with Crippen molar-refractivity contribution in [3.8, 4) is 0 Å². The van der Waals surface area contributed by atoms with E-state index in [9.17, 15) is 14.7 Å². The van der Waals surface area contributed by atoms with Gasteiger partial charge in [-0.25, -0.2) is 0 Å². The molecule has 5 nitrogen and oxygen atoms in total. The van der Waals surface area contributed by atoms with E-state index in [2.05, 4.69) is 10.6 Å². The van der Waals surface area contributed by atoms with E-state index < -0.39 is 6.04 Å². The zero-order valence-electron chi connectivity index (χ0n) is 12.8. The lowest BCUT2D eigenvalue weighted by molar-refractivity contribution is -0.128. The molecule has 1 aliphatic rings. The molecule has 0 spiro atoms. The Balaban J connectivity index is 2.45. The van der Waals surface area contributed by atoms with Crippen molar-refractivity contribution in [3.05, 3.63) is 0 Å². The first-order valence-electron chi connectivity index (χ1n) is 7.63. The first-order chi connectivity index (χ1) is 9.40. The molecule has 0 aliphatic heterocycles. The van der Waals surface area contributed by atoms with Crippen molar-refractivity contribution < 1.29 is 14.7 Å². The molecule has 0 aromatic rings. The second-order valence-corrected chi connectivity index (χ2v) is 6.24. The fourth-order valence-electron chi connectivity index (χ4n) is 2.73. The average molecular weight is 284 g/mol. The summed E-state index contributed by atoms with van der Waals surface area (Å²) in [5.41, 5.74) is 0. The average Bonchev–Trinajstić information content (AvgIpc) is 2.35. The van der Waals surface area contributed by atoms with Gasteiger partial charge in [-0.05, 0) is 25.2 Å². The highest BCUT2D eigenvalue weighted by Crippen LogP contribution is 2.23. The molecule has 0 unspecified atom stereocenters. The third-order valence-corrected chi connectivity index (χ3v) is 3.81. The molecule has 116 valence electrons. The Kier molecular flexibility index (Phi) is 6.99. The molecule has 0 radical (unpaired) electrons. The summed E-state index contributed by atoms with van der Waals surface area (Å²) in [5, 5.41) is 15.5. The molecule has 1 fully saturated rings. The molecule has 0 aromatic carbocycles. The SMILES string of the molecule is CC(=O)N[C@@H](CC(C)C)C(=O)NC[C@@H]1CCCC[C@H]1O. The van der Waals surface area contributed by atoms with Crippen LogP contribution >= 0.6 is 0 Å². The Morgan fingerprint density at radius 2 is 1.90 bits per heavy atom. The molecule has 1 saturated carbocycles. The molecule has 0 heterocycles. The van der Waals surface area contributed by atoms with Crippen LogP contribution in [0.5, 0.6) is 0 Å². The summed E-state index contributed by atoms with van der Waals surface area (Å²) in [5.74, 6) is 0.137. The number of aliphatic hydroxyl groups excluding tert-OH is 1. The number of nitrogens with one attached hydrogen (secondary N) is 2. The predicted octanol–water partition coefficient (Wildman–Crippen LogP) is 1.20. The maximum atomic E-state index is 12.2. The third-order valence-electron chi connectivity index (χ3n) is 3.81. The number of hydrogen-bond donors (Lipinski definition) is 3. The quantitative estimate of drug-likeness (QED) is 0.686. The Bertz CT molecular complexity index is 331. The lowest BCUT2D eigenvalue weighted by Crippen LogP contribution is -2.48. The van der Waals surface area contributed by atoms with Crippen molar-refractivity contribution in [2.75, 3.05) is 6.54 Å². The van der Waals surface area contributed by atoms with Gasteiger partial charge in [0.25, 0.3) is 0 Å². The van der Waals surface area contributed by atoms with Crippen molar-refractivity contribution in [1.82, 2.24) is 10.6 Å². The van der Waals surface area contributed by atoms with E-state index in [4.69, 9.17) is 0 Å². The third kappa shape index (κ3) is 5.90. The summed E-state index contributed by atoms with van der Waals surface area (Å²) in [7, 11) is 0. The Morgan fingerprint density at radius 1 is 1.25 bits per heavy atom.